The van der Waals surface area contributed by atoms with Gasteiger partial charge in [0.05, 0.1) is 10.1 Å². The number of sulfonamides is 1. The van der Waals surface area contributed by atoms with E-state index in [0.29, 0.717) is 5.69 Å². The monoisotopic (exact) mass is 442 g/mol. The zero-order valence-electron chi connectivity index (χ0n) is 16.8. The van der Waals surface area contributed by atoms with Gasteiger partial charge in [0.1, 0.15) is 0 Å². The van der Waals surface area contributed by atoms with Gasteiger partial charge in [-0.3, -0.25) is 4.79 Å². The molecule has 0 spiro atoms. The summed E-state index contributed by atoms with van der Waals surface area (Å²) in [6.07, 6.45) is 2.89. The van der Waals surface area contributed by atoms with Crippen molar-refractivity contribution in [3.05, 3.63) is 72.1 Å². The molecule has 0 fully saturated rings. The van der Waals surface area contributed by atoms with Gasteiger partial charge in [-0.2, -0.15) is 0 Å². The van der Waals surface area contributed by atoms with E-state index in [1.54, 1.807) is 18.2 Å². The highest BCUT2D eigenvalue weighted by atomic mass is 32.2. The van der Waals surface area contributed by atoms with Crippen LogP contribution in [0.15, 0.2) is 70.7 Å². The summed E-state index contributed by atoms with van der Waals surface area (Å²) in [6.45, 7) is 5.92. The fraction of sp³-hybridized carbons (Fsp3) is 0.190. The van der Waals surface area contributed by atoms with Crippen LogP contribution in [0.1, 0.15) is 18.1 Å². The van der Waals surface area contributed by atoms with E-state index in [0.717, 1.165) is 4.90 Å². The first-order chi connectivity index (χ1) is 14.2. The number of amides is 1. The number of benzene rings is 2. The Hall–Kier alpha value is -2.91. The van der Waals surface area contributed by atoms with Gasteiger partial charge in [-0.1, -0.05) is 6.07 Å². The maximum Gasteiger partial charge on any atom is 0.264 e. The molecule has 3 aromatic rings. The number of thioether (sulfide) groups is 1. The van der Waals surface area contributed by atoms with Gasteiger partial charge in [-0.25, -0.2) is 23.1 Å². The van der Waals surface area contributed by atoms with Crippen LogP contribution >= 0.6 is 11.8 Å². The second-order valence-corrected chi connectivity index (χ2v) is 9.79. The fourth-order valence-electron chi connectivity index (χ4n) is 2.54. The molecule has 30 heavy (non-hydrogen) atoms. The van der Waals surface area contributed by atoms with Crippen molar-refractivity contribution >= 4 is 39.3 Å². The number of aryl methyl sites for hydroxylation is 2. The van der Waals surface area contributed by atoms with E-state index in [1.165, 1.54) is 47.4 Å². The van der Waals surface area contributed by atoms with Crippen LogP contribution in [0.4, 0.5) is 11.6 Å². The average Bonchev–Trinajstić information content (AvgIpc) is 2.71. The maximum absolute atomic E-state index is 12.5. The van der Waals surface area contributed by atoms with Gasteiger partial charge >= 0.3 is 0 Å². The summed E-state index contributed by atoms with van der Waals surface area (Å²) in [5.41, 5.74) is 2.90. The van der Waals surface area contributed by atoms with Crippen LogP contribution in [-0.4, -0.2) is 29.5 Å². The number of carbonyl (C=O) groups is 1. The van der Waals surface area contributed by atoms with Crippen molar-refractivity contribution in [2.75, 3.05) is 10.0 Å². The van der Waals surface area contributed by atoms with Crippen LogP contribution in [0.25, 0.3) is 0 Å². The lowest BCUT2D eigenvalue weighted by Gasteiger charge is -2.13. The number of nitrogens with zero attached hydrogens (tertiary/aromatic N) is 2. The minimum Gasteiger partial charge on any atom is -0.325 e. The van der Waals surface area contributed by atoms with Crippen molar-refractivity contribution in [3.8, 4) is 0 Å². The van der Waals surface area contributed by atoms with E-state index in [9.17, 15) is 13.2 Å². The molecule has 3 rings (SSSR count). The van der Waals surface area contributed by atoms with E-state index in [1.807, 2.05) is 32.9 Å². The molecule has 1 atom stereocenters. The summed E-state index contributed by atoms with van der Waals surface area (Å²) < 4.78 is 27.1. The molecule has 156 valence electrons. The topological polar surface area (TPSA) is 101 Å². The molecular formula is C21H22N4O3S2. The van der Waals surface area contributed by atoms with E-state index < -0.39 is 10.0 Å². The minimum atomic E-state index is -3.82. The van der Waals surface area contributed by atoms with Crippen molar-refractivity contribution in [2.45, 2.75) is 35.8 Å². The number of hydrogen-bond donors (Lipinski definition) is 2. The minimum absolute atomic E-state index is 0.00734. The zero-order valence-corrected chi connectivity index (χ0v) is 18.4. The van der Waals surface area contributed by atoms with Crippen LogP contribution in [0.2, 0.25) is 0 Å². The maximum atomic E-state index is 12.5. The van der Waals surface area contributed by atoms with Gasteiger partial charge < -0.3 is 5.32 Å². The van der Waals surface area contributed by atoms with Crippen molar-refractivity contribution < 1.29 is 13.2 Å². The third kappa shape index (κ3) is 5.58. The van der Waals surface area contributed by atoms with Crippen LogP contribution < -0.4 is 10.0 Å². The zero-order chi connectivity index (χ0) is 21.7. The molecule has 1 aromatic heterocycles. The Morgan fingerprint density at radius 3 is 2.30 bits per heavy atom. The second-order valence-electron chi connectivity index (χ2n) is 6.70. The molecule has 1 unspecified atom stereocenters. The summed E-state index contributed by atoms with van der Waals surface area (Å²) in [5, 5.41) is 2.50. The number of hydrogen-bond acceptors (Lipinski definition) is 6. The van der Waals surface area contributed by atoms with Crippen LogP contribution in [-0.2, 0) is 14.8 Å². The molecule has 0 bridgehead atoms. The normalized spacial score (nSPS) is 12.2. The Balaban J connectivity index is 1.63. The summed E-state index contributed by atoms with van der Waals surface area (Å²) >= 11 is 1.47. The molecule has 9 heteroatoms. The van der Waals surface area contributed by atoms with E-state index in [-0.39, 0.29) is 22.0 Å². The number of rotatable bonds is 7. The Morgan fingerprint density at radius 2 is 1.67 bits per heavy atom. The molecule has 0 saturated heterocycles. The molecule has 0 saturated carbocycles. The molecule has 7 nitrogen and oxygen atoms in total. The quantitative estimate of drug-likeness (QED) is 0.536. The van der Waals surface area contributed by atoms with Gasteiger partial charge in [0.15, 0.2) is 0 Å². The van der Waals surface area contributed by atoms with Crippen molar-refractivity contribution in [1.82, 2.24) is 9.97 Å². The van der Waals surface area contributed by atoms with Crippen LogP contribution in [0.5, 0.6) is 0 Å². The standard InChI is InChI=1S/C21H22N4O3S2/c1-14-5-8-18(13-15(14)2)29-16(3)20(26)24-17-6-9-19(10-7-17)30(27,28)25-21-22-11-4-12-23-21/h4-13,16H,1-3H3,(H,24,26)(H,22,23,25). The highest BCUT2D eigenvalue weighted by molar-refractivity contribution is 8.00. The summed E-state index contributed by atoms with van der Waals surface area (Å²) in [4.78, 5) is 21.3. The largest absolute Gasteiger partial charge is 0.325 e. The van der Waals surface area contributed by atoms with E-state index >= 15 is 0 Å². The predicted octanol–water partition coefficient (Wildman–Crippen LogP) is 4.01. The summed E-state index contributed by atoms with van der Waals surface area (Å²) in [6, 6.07) is 13.6. The van der Waals surface area contributed by atoms with Gasteiger partial charge in [0, 0.05) is 23.0 Å². The Labute approximate surface area is 180 Å². The fourth-order valence-corrected chi connectivity index (χ4v) is 4.46. The SMILES string of the molecule is Cc1ccc(SC(C)C(=O)Nc2ccc(S(=O)(=O)Nc3ncccn3)cc2)cc1C. The van der Waals surface area contributed by atoms with Gasteiger partial charge in [0.2, 0.25) is 11.9 Å². The smallest absolute Gasteiger partial charge is 0.264 e. The first kappa shape index (κ1) is 21.8. The van der Waals surface area contributed by atoms with Gasteiger partial charge in [0.25, 0.3) is 10.0 Å². The molecular weight excluding hydrogens is 420 g/mol. The average molecular weight is 443 g/mol. The third-order valence-electron chi connectivity index (χ3n) is 4.38. The van der Waals surface area contributed by atoms with Crippen LogP contribution in [0.3, 0.4) is 0 Å². The van der Waals surface area contributed by atoms with Gasteiger partial charge in [-0.15, -0.1) is 11.8 Å². The van der Waals surface area contributed by atoms with Crippen molar-refractivity contribution in [2.24, 2.45) is 0 Å². The third-order valence-corrected chi connectivity index (χ3v) is 6.82. The number of carbonyl (C=O) groups excluding carboxylic acids is 1. The Morgan fingerprint density at radius 1 is 1.00 bits per heavy atom. The van der Waals surface area contributed by atoms with E-state index in [2.05, 4.69) is 26.1 Å². The summed E-state index contributed by atoms with van der Waals surface area (Å²) in [7, 11) is -3.82. The molecule has 0 aliphatic heterocycles. The molecule has 1 amide bonds. The highest BCUT2D eigenvalue weighted by Gasteiger charge is 2.17. The van der Waals surface area contributed by atoms with Gasteiger partial charge in [-0.05, 0) is 74.4 Å². The lowest BCUT2D eigenvalue weighted by atomic mass is 10.1. The predicted molar refractivity (Wildman–Crippen MR) is 119 cm³/mol. The van der Waals surface area contributed by atoms with Crippen LogP contribution in [0, 0.1) is 13.8 Å². The molecule has 0 aliphatic carbocycles. The molecule has 1 heterocycles. The molecule has 0 radical (unpaired) electrons. The lowest BCUT2D eigenvalue weighted by Crippen LogP contribution is -2.22. The highest BCUT2D eigenvalue weighted by Crippen LogP contribution is 2.26. The van der Waals surface area contributed by atoms with Crippen molar-refractivity contribution in [1.29, 1.82) is 0 Å². The molecule has 2 N–H and O–H groups in total. The Kier molecular flexibility index (Phi) is 6.73. The van der Waals surface area contributed by atoms with Crippen molar-refractivity contribution in [3.63, 3.8) is 0 Å². The summed E-state index contributed by atoms with van der Waals surface area (Å²) in [5.74, 6) is -0.170. The first-order valence-corrected chi connectivity index (χ1v) is 11.6. The second kappa shape index (κ2) is 9.27. The number of anilines is 2. The van der Waals surface area contributed by atoms with E-state index in [4.69, 9.17) is 0 Å². The number of nitrogens with one attached hydrogen (secondary N) is 2. The molecule has 0 aliphatic rings. The Bertz CT molecular complexity index is 1130. The first-order valence-electron chi connectivity index (χ1n) is 9.19. The lowest BCUT2D eigenvalue weighted by molar-refractivity contribution is -0.115. The molecule has 2 aromatic carbocycles. The number of aromatic nitrogens is 2.